The molecule has 2 aliphatic heterocycles. The molecule has 0 N–H and O–H groups in total. The molecule has 0 amide bonds. The van der Waals surface area contributed by atoms with Crippen molar-refractivity contribution in [3.05, 3.63) is 0 Å². The molecular weight excluding hydrogens is 200 g/mol. The van der Waals surface area contributed by atoms with Gasteiger partial charge in [-0.1, -0.05) is 26.7 Å². The Hall–Kier alpha value is -0.0800. The average Bonchev–Trinajstić information content (AvgIpc) is 2.99. The first-order valence-electron chi connectivity index (χ1n) is 7.10. The van der Waals surface area contributed by atoms with Crippen LogP contribution in [0.25, 0.3) is 0 Å². The lowest BCUT2D eigenvalue weighted by atomic mass is 9.75. The van der Waals surface area contributed by atoms with Crippen LogP contribution < -0.4 is 0 Å². The molecule has 0 aromatic rings. The molecule has 3 rings (SSSR count). The number of rotatable bonds is 2. The molecule has 1 saturated carbocycles. The minimum Gasteiger partial charge on any atom is -0.374 e. The van der Waals surface area contributed by atoms with E-state index in [1.165, 1.54) is 25.7 Å². The van der Waals surface area contributed by atoms with Gasteiger partial charge in [0.2, 0.25) is 0 Å². The summed E-state index contributed by atoms with van der Waals surface area (Å²) in [6.45, 7) is 5.47. The molecule has 0 radical (unpaired) electrons. The van der Waals surface area contributed by atoms with Gasteiger partial charge in [-0.3, -0.25) is 0 Å². The summed E-state index contributed by atoms with van der Waals surface area (Å²) in [7, 11) is 0. The van der Waals surface area contributed by atoms with E-state index in [1.54, 1.807) is 0 Å². The molecule has 16 heavy (non-hydrogen) atoms. The maximum Gasteiger partial charge on any atom is 0.0740 e. The lowest BCUT2D eigenvalue weighted by Crippen LogP contribution is -2.38. The normalized spacial score (nSPS) is 45.4. The van der Waals surface area contributed by atoms with Crippen LogP contribution >= 0.6 is 0 Å². The largest absolute Gasteiger partial charge is 0.374 e. The Balaban J connectivity index is 1.86. The lowest BCUT2D eigenvalue weighted by Gasteiger charge is -2.32. The van der Waals surface area contributed by atoms with E-state index >= 15 is 0 Å². The molecule has 0 bridgehead atoms. The SMILES string of the molecule is CCC1OC(CC)C2C1COC21CCCC1. The van der Waals surface area contributed by atoms with Gasteiger partial charge in [0.05, 0.1) is 24.4 Å². The predicted octanol–water partition coefficient (Wildman–Crippen LogP) is 3.15. The Morgan fingerprint density at radius 2 is 1.75 bits per heavy atom. The molecule has 3 fully saturated rings. The second-order valence-electron chi connectivity index (χ2n) is 5.80. The highest BCUT2D eigenvalue weighted by Gasteiger charge is 2.59. The van der Waals surface area contributed by atoms with Crippen molar-refractivity contribution in [2.24, 2.45) is 11.8 Å². The quantitative estimate of drug-likeness (QED) is 0.717. The third-order valence-electron chi connectivity index (χ3n) is 5.11. The topological polar surface area (TPSA) is 18.5 Å². The van der Waals surface area contributed by atoms with E-state index in [-0.39, 0.29) is 5.60 Å². The zero-order valence-electron chi connectivity index (χ0n) is 10.6. The second kappa shape index (κ2) is 3.99. The first kappa shape index (κ1) is 11.0. The molecular formula is C14H24O2. The fourth-order valence-corrected chi connectivity index (χ4v) is 4.42. The number of hydrogen-bond acceptors (Lipinski definition) is 2. The Labute approximate surface area is 98.7 Å². The summed E-state index contributed by atoms with van der Waals surface area (Å²) in [5.41, 5.74) is 0.218. The highest BCUT2D eigenvalue weighted by Crippen LogP contribution is 2.54. The van der Waals surface area contributed by atoms with Crippen LogP contribution in [0.15, 0.2) is 0 Å². The first-order valence-corrected chi connectivity index (χ1v) is 7.10. The van der Waals surface area contributed by atoms with Crippen molar-refractivity contribution in [3.63, 3.8) is 0 Å². The average molecular weight is 224 g/mol. The molecule has 2 nitrogen and oxygen atoms in total. The van der Waals surface area contributed by atoms with Gasteiger partial charge in [0.25, 0.3) is 0 Å². The third kappa shape index (κ3) is 1.39. The monoisotopic (exact) mass is 224 g/mol. The van der Waals surface area contributed by atoms with Gasteiger partial charge in [-0.2, -0.15) is 0 Å². The van der Waals surface area contributed by atoms with Gasteiger partial charge in [-0.05, 0) is 25.7 Å². The van der Waals surface area contributed by atoms with Gasteiger partial charge in [0.1, 0.15) is 0 Å². The second-order valence-corrected chi connectivity index (χ2v) is 5.80. The van der Waals surface area contributed by atoms with Crippen LogP contribution in [0, 0.1) is 11.8 Å². The molecule has 1 aliphatic carbocycles. The maximum atomic E-state index is 6.25. The predicted molar refractivity (Wildman–Crippen MR) is 63.4 cm³/mol. The van der Waals surface area contributed by atoms with Crippen LogP contribution in [0.4, 0.5) is 0 Å². The van der Waals surface area contributed by atoms with Crippen molar-refractivity contribution in [2.45, 2.75) is 70.2 Å². The highest BCUT2D eigenvalue weighted by molar-refractivity contribution is 5.07. The Bertz CT molecular complexity index is 257. The Morgan fingerprint density at radius 3 is 2.38 bits per heavy atom. The van der Waals surface area contributed by atoms with Crippen LogP contribution in [0.3, 0.4) is 0 Å². The van der Waals surface area contributed by atoms with Crippen molar-refractivity contribution in [2.75, 3.05) is 6.61 Å². The zero-order valence-corrected chi connectivity index (χ0v) is 10.6. The van der Waals surface area contributed by atoms with Gasteiger partial charge in [0, 0.05) is 11.8 Å². The Morgan fingerprint density at radius 1 is 1.06 bits per heavy atom. The minimum absolute atomic E-state index is 0.218. The van der Waals surface area contributed by atoms with E-state index in [0.717, 1.165) is 19.4 Å². The summed E-state index contributed by atoms with van der Waals surface area (Å²) < 4.78 is 12.5. The summed E-state index contributed by atoms with van der Waals surface area (Å²) in [5.74, 6) is 1.39. The Kier molecular flexibility index (Phi) is 2.75. The maximum absolute atomic E-state index is 6.25. The van der Waals surface area contributed by atoms with Crippen molar-refractivity contribution < 1.29 is 9.47 Å². The fraction of sp³-hybridized carbons (Fsp3) is 1.00. The van der Waals surface area contributed by atoms with Crippen molar-refractivity contribution in [1.29, 1.82) is 0 Å². The number of ether oxygens (including phenoxy) is 2. The van der Waals surface area contributed by atoms with Gasteiger partial charge >= 0.3 is 0 Å². The van der Waals surface area contributed by atoms with E-state index in [0.29, 0.717) is 24.0 Å². The van der Waals surface area contributed by atoms with Crippen LogP contribution in [-0.2, 0) is 9.47 Å². The standard InChI is InChI=1S/C14H24O2/c1-3-11-10-9-15-14(7-5-6-8-14)13(10)12(4-2)16-11/h10-13H,3-9H2,1-2H3. The molecule has 92 valence electrons. The smallest absolute Gasteiger partial charge is 0.0740 e. The summed E-state index contributed by atoms with van der Waals surface area (Å²) in [6, 6.07) is 0. The van der Waals surface area contributed by atoms with E-state index in [9.17, 15) is 0 Å². The van der Waals surface area contributed by atoms with Gasteiger partial charge in [-0.25, -0.2) is 0 Å². The highest BCUT2D eigenvalue weighted by atomic mass is 16.5. The lowest BCUT2D eigenvalue weighted by molar-refractivity contribution is -0.0742. The number of fused-ring (bicyclic) bond motifs is 2. The summed E-state index contributed by atoms with van der Waals surface area (Å²) >= 11 is 0. The molecule has 0 aromatic heterocycles. The molecule has 3 aliphatic rings. The van der Waals surface area contributed by atoms with Crippen molar-refractivity contribution in [1.82, 2.24) is 0 Å². The molecule has 2 heterocycles. The number of hydrogen-bond donors (Lipinski definition) is 0. The van der Waals surface area contributed by atoms with E-state index in [1.807, 2.05) is 0 Å². The summed E-state index contributed by atoms with van der Waals surface area (Å²) in [4.78, 5) is 0. The van der Waals surface area contributed by atoms with Gasteiger partial charge in [0.15, 0.2) is 0 Å². The third-order valence-corrected chi connectivity index (χ3v) is 5.11. The van der Waals surface area contributed by atoms with Crippen LogP contribution in [0.1, 0.15) is 52.4 Å². The van der Waals surface area contributed by atoms with E-state index in [2.05, 4.69) is 13.8 Å². The summed E-state index contributed by atoms with van der Waals surface area (Å²) in [6.07, 6.45) is 8.52. The minimum atomic E-state index is 0.218. The van der Waals surface area contributed by atoms with Crippen LogP contribution in [0.2, 0.25) is 0 Å². The van der Waals surface area contributed by atoms with E-state index < -0.39 is 0 Å². The molecule has 2 saturated heterocycles. The molecule has 2 heteroatoms. The zero-order chi connectivity index (χ0) is 11.2. The molecule has 0 aromatic carbocycles. The van der Waals surface area contributed by atoms with Crippen LogP contribution in [0.5, 0.6) is 0 Å². The van der Waals surface area contributed by atoms with Crippen molar-refractivity contribution in [3.8, 4) is 0 Å². The molecule has 1 spiro atoms. The molecule has 4 atom stereocenters. The van der Waals surface area contributed by atoms with E-state index in [4.69, 9.17) is 9.47 Å². The van der Waals surface area contributed by atoms with Gasteiger partial charge < -0.3 is 9.47 Å². The van der Waals surface area contributed by atoms with Crippen LogP contribution in [-0.4, -0.2) is 24.4 Å². The first-order chi connectivity index (χ1) is 7.80. The van der Waals surface area contributed by atoms with Gasteiger partial charge in [-0.15, -0.1) is 0 Å². The fourth-order valence-electron chi connectivity index (χ4n) is 4.42. The summed E-state index contributed by atoms with van der Waals surface area (Å²) in [5, 5.41) is 0. The molecule has 4 unspecified atom stereocenters. The van der Waals surface area contributed by atoms with Crippen molar-refractivity contribution >= 4 is 0 Å².